The SMILES string of the molecule is Cc1c(F)cccc1-n1c(=S)[nH]c2cc(F)ccc21. The molecule has 0 aliphatic heterocycles. The smallest absolute Gasteiger partial charge is 0.182 e. The van der Waals surface area contributed by atoms with Gasteiger partial charge in [0, 0.05) is 5.56 Å². The molecule has 0 unspecified atom stereocenters. The van der Waals surface area contributed by atoms with Crippen molar-refractivity contribution >= 4 is 23.3 Å². The van der Waals surface area contributed by atoms with Gasteiger partial charge in [0.15, 0.2) is 4.77 Å². The van der Waals surface area contributed by atoms with Gasteiger partial charge in [-0.25, -0.2) is 8.78 Å². The second kappa shape index (κ2) is 4.28. The molecule has 19 heavy (non-hydrogen) atoms. The van der Waals surface area contributed by atoms with Crippen molar-refractivity contribution in [2.75, 3.05) is 0 Å². The predicted octanol–water partition coefficient (Wildman–Crippen LogP) is 4.27. The second-order valence-corrected chi connectivity index (χ2v) is 4.70. The highest BCUT2D eigenvalue weighted by atomic mass is 32.1. The minimum atomic E-state index is -0.341. The zero-order valence-corrected chi connectivity index (χ0v) is 10.9. The monoisotopic (exact) mass is 276 g/mol. The van der Waals surface area contributed by atoms with Gasteiger partial charge in [0.1, 0.15) is 11.6 Å². The molecule has 5 heteroatoms. The minimum absolute atomic E-state index is 0.295. The Morgan fingerprint density at radius 2 is 1.95 bits per heavy atom. The van der Waals surface area contributed by atoms with Gasteiger partial charge in [-0.1, -0.05) is 6.07 Å². The number of halogens is 2. The summed E-state index contributed by atoms with van der Waals surface area (Å²) in [6.07, 6.45) is 0. The number of benzene rings is 2. The first kappa shape index (κ1) is 12.0. The number of imidazole rings is 1. The van der Waals surface area contributed by atoms with E-state index in [1.807, 2.05) is 0 Å². The summed E-state index contributed by atoms with van der Waals surface area (Å²) in [5.41, 5.74) is 2.47. The van der Waals surface area contributed by atoms with Crippen molar-refractivity contribution < 1.29 is 8.78 Å². The maximum absolute atomic E-state index is 13.6. The maximum atomic E-state index is 13.6. The molecule has 0 radical (unpaired) electrons. The zero-order valence-electron chi connectivity index (χ0n) is 10.1. The Morgan fingerprint density at radius 3 is 2.74 bits per heavy atom. The number of hydrogen-bond acceptors (Lipinski definition) is 1. The zero-order chi connectivity index (χ0) is 13.6. The third-order valence-corrected chi connectivity index (χ3v) is 3.41. The molecule has 1 aromatic heterocycles. The number of hydrogen-bond donors (Lipinski definition) is 1. The molecule has 3 aromatic rings. The lowest BCUT2D eigenvalue weighted by molar-refractivity contribution is 0.617. The molecule has 0 aliphatic carbocycles. The Balaban J connectivity index is 2.40. The van der Waals surface area contributed by atoms with Gasteiger partial charge in [-0.05, 0) is 49.5 Å². The largest absolute Gasteiger partial charge is 0.330 e. The standard InChI is InChI=1S/C14H10F2N2S/c1-8-10(16)3-2-4-12(8)18-13-6-5-9(15)7-11(13)17-14(18)19/h2-7H,1H3,(H,17,19). The van der Waals surface area contributed by atoms with Crippen LogP contribution < -0.4 is 0 Å². The van der Waals surface area contributed by atoms with Crippen LogP contribution in [0.3, 0.4) is 0 Å². The molecule has 0 bridgehead atoms. The van der Waals surface area contributed by atoms with Gasteiger partial charge in [0.25, 0.3) is 0 Å². The van der Waals surface area contributed by atoms with Crippen LogP contribution in [0.5, 0.6) is 0 Å². The first-order chi connectivity index (χ1) is 9.08. The molecule has 0 amide bonds. The Kier molecular flexibility index (Phi) is 2.71. The van der Waals surface area contributed by atoms with E-state index in [4.69, 9.17) is 12.2 Å². The van der Waals surface area contributed by atoms with Crippen molar-refractivity contribution in [2.24, 2.45) is 0 Å². The average molecular weight is 276 g/mol. The molecule has 0 aliphatic rings. The number of nitrogens with one attached hydrogen (secondary N) is 1. The first-order valence-corrected chi connectivity index (χ1v) is 6.14. The fourth-order valence-corrected chi connectivity index (χ4v) is 2.47. The van der Waals surface area contributed by atoms with E-state index < -0.39 is 0 Å². The summed E-state index contributed by atoms with van der Waals surface area (Å²) < 4.78 is 29.0. The van der Waals surface area contributed by atoms with E-state index in [2.05, 4.69) is 4.98 Å². The molecule has 0 saturated heterocycles. The highest BCUT2D eigenvalue weighted by molar-refractivity contribution is 7.71. The Hall–Kier alpha value is -2.01. The van der Waals surface area contributed by atoms with E-state index in [1.54, 1.807) is 29.7 Å². The highest BCUT2D eigenvalue weighted by Crippen LogP contribution is 2.23. The summed E-state index contributed by atoms with van der Waals surface area (Å²) >= 11 is 5.24. The Labute approximate surface area is 113 Å². The van der Waals surface area contributed by atoms with Crippen LogP contribution in [0.2, 0.25) is 0 Å². The van der Waals surface area contributed by atoms with Crippen LogP contribution in [0, 0.1) is 23.3 Å². The van der Waals surface area contributed by atoms with Crippen molar-refractivity contribution in [3.05, 3.63) is 58.4 Å². The lowest BCUT2D eigenvalue weighted by Crippen LogP contribution is -1.98. The van der Waals surface area contributed by atoms with Gasteiger partial charge >= 0.3 is 0 Å². The van der Waals surface area contributed by atoms with Gasteiger partial charge in [-0.2, -0.15) is 0 Å². The number of rotatable bonds is 1. The maximum Gasteiger partial charge on any atom is 0.182 e. The summed E-state index contributed by atoms with van der Waals surface area (Å²) in [5.74, 6) is -0.636. The van der Waals surface area contributed by atoms with Gasteiger partial charge in [-0.15, -0.1) is 0 Å². The lowest BCUT2D eigenvalue weighted by Gasteiger charge is -2.08. The molecule has 1 N–H and O–H groups in total. The van der Waals surface area contributed by atoms with Crippen LogP contribution in [0.25, 0.3) is 16.7 Å². The normalized spacial score (nSPS) is 11.1. The molecule has 2 nitrogen and oxygen atoms in total. The summed E-state index contributed by atoms with van der Waals surface area (Å²) in [4.78, 5) is 2.93. The number of aromatic amines is 1. The molecule has 1 heterocycles. The van der Waals surface area contributed by atoms with Crippen molar-refractivity contribution in [2.45, 2.75) is 6.92 Å². The fourth-order valence-electron chi connectivity index (χ4n) is 2.16. The van der Waals surface area contributed by atoms with Crippen LogP contribution in [0.1, 0.15) is 5.56 Å². The van der Waals surface area contributed by atoms with Crippen LogP contribution in [0.4, 0.5) is 8.78 Å². The summed E-state index contributed by atoms with van der Waals surface area (Å²) in [7, 11) is 0. The quantitative estimate of drug-likeness (QED) is 0.658. The summed E-state index contributed by atoms with van der Waals surface area (Å²) in [6, 6.07) is 9.16. The summed E-state index contributed by atoms with van der Waals surface area (Å²) in [6.45, 7) is 1.69. The number of nitrogens with zero attached hydrogens (tertiary/aromatic N) is 1. The van der Waals surface area contributed by atoms with Crippen molar-refractivity contribution in [1.82, 2.24) is 9.55 Å². The topological polar surface area (TPSA) is 20.7 Å². The number of H-pyrrole nitrogens is 1. The van der Waals surface area contributed by atoms with E-state index in [-0.39, 0.29) is 11.6 Å². The van der Waals surface area contributed by atoms with Crippen molar-refractivity contribution in [3.8, 4) is 5.69 Å². The third-order valence-electron chi connectivity index (χ3n) is 3.12. The van der Waals surface area contributed by atoms with Gasteiger partial charge in [-0.3, -0.25) is 4.57 Å². The molecule has 0 atom stereocenters. The highest BCUT2D eigenvalue weighted by Gasteiger charge is 2.11. The molecule has 3 rings (SSSR count). The van der Waals surface area contributed by atoms with Crippen LogP contribution in [-0.2, 0) is 0 Å². The average Bonchev–Trinajstić information content (AvgIpc) is 2.68. The molecular weight excluding hydrogens is 266 g/mol. The van der Waals surface area contributed by atoms with E-state index in [1.165, 1.54) is 18.2 Å². The Morgan fingerprint density at radius 1 is 1.16 bits per heavy atom. The molecule has 0 saturated carbocycles. The molecule has 0 spiro atoms. The van der Waals surface area contributed by atoms with Gasteiger partial charge < -0.3 is 4.98 Å². The third kappa shape index (κ3) is 1.86. The van der Waals surface area contributed by atoms with E-state index in [0.29, 0.717) is 21.5 Å². The Bertz CT molecular complexity index is 833. The van der Waals surface area contributed by atoms with Crippen molar-refractivity contribution in [1.29, 1.82) is 0 Å². The second-order valence-electron chi connectivity index (χ2n) is 4.31. The lowest BCUT2D eigenvalue weighted by atomic mass is 10.2. The van der Waals surface area contributed by atoms with Crippen LogP contribution in [-0.4, -0.2) is 9.55 Å². The number of fused-ring (bicyclic) bond motifs is 1. The predicted molar refractivity (Wildman–Crippen MR) is 73.1 cm³/mol. The van der Waals surface area contributed by atoms with Crippen molar-refractivity contribution in [3.63, 3.8) is 0 Å². The minimum Gasteiger partial charge on any atom is -0.330 e. The van der Waals surface area contributed by atoms with Crippen LogP contribution in [0.15, 0.2) is 36.4 Å². The molecular formula is C14H10F2N2S. The fraction of sp³-hybridized carbons (Fsp3) is 0.0714. The van der Waals surface area contributed by atoms with Gasteiger partial charge in [0.2, 0.25) is 0 Å². The van der Waals surface area contributed by atoms with E-state index in [0.717, 1.165) is 5.52 Å². The van der Waals surface area contributed by atoms with E-state index >= 15 is 0 Å². The summed E-state index contributed by atoms with van der Waals surface area (Å²) in [5, 5.41) is 0. The molecule has 96 valence electrons. The molecule has 2 aromatic carbocycles. The first-order valence-electron chi connectivity index (χ1n) is 5.73. The number of aromatic nitrogens is 2. The van der Waals surface area contributed by atoms with E-state index in [9.17, 15) is 8.78 Å². The van der Waals surface area contributed by atoms with Crippen LogP contribution >= 0.6 is 12.2 Å². The van der Waals surface area contributed by atoms with Gasteiger partial charge in [0.05, 0.1) is 16.7 Å². The molecule has 0 fully saturated rings.